The maximum atomic E-state index is 12.5. The lowest BCUT2D eigenvalue weighted by Crippen LogP contribution is -2.10. The number of rotatable bonds is 12. The third-order valence-electron chi connectivity index (χ3n) is 2.29. The van der Waals surface area contributed by atoms with Gasteiger partial charge in [0.05, 0.1) is 13.2 Å². The molecule has 0 saturated heterocycles. The van der Waals surface area contributed by atoms with Crippen molar-refractivity contribution in [1.82, 2.24) is 0 Å². The maximum Gasteiger partial charge on any atom is 0.345 e. The van der Waals surface area contributed by atoms with Crippen LogP contribution in [-0.2, 0) is 23.0 Å². The zero-order valence-corrected chi connectivity index (χ0v) is 13.2. The van der Waals surface area contributed by atoms with Crippen molar-refractivity contribution in [2.75, 3.05) is 13.2 Å². The van der Waals surface area contributed by atoms with E-state index in [9.17, 15) is 13.9 Å². The second-order valence-electron chi connectivity index (χ2n) is 4.08. The highest BCUT2D eigenvalue weighted by Gasteiger charge is 2.36. The van der Waals surface area contributed by atoms with Crippen molar-refractivity contribution in [3.63, 3.8) is 0 Å². The summed E-state index contributed by atoms with van der Waals surface area (Å²) in [6.07, 6.45) is 1.84. The predicted molar refractivity (Wildman–Crippen MR) is 73.0 cm³/mol. The van der Waals surface area contributed by atoms with E-state index in [0.29, 0.717) is 19.3 Å². The molecule has 0 radical (unpaired) electrons. The highest BCUT2D eigenvalue weighted by atomic mass is 31.2. The van der Waals surface area contributed by atoms with E-state index in [1.807, 2.05) is 13.8 Å². The molecule has 0 bridgehead atoms. The molecule has 0 aromatic heterocycles. The van der Waals surface area contributed by atoms with Crippen LogP contribution in [-0.4, -0.2) is 29.7 Å². The third kappa shape index (κ3) is 7.78. The fourth-order valence-corrected chi connectivity index (χ4v) is 4.29. The van der Waals surface area contributed by atoms with Gasteiger partial charge in [-0.05, 0) is 25.7 Å². The summed E-state index contributed by atoms with van der Waals surface area (Å²) in [5.74, 6) is -0.930. The van der Waals surface area contributed by atoms with Gasteiger partial charge in [0.25, 0.3) is 0 Å². The molecule has 1 unspecified atom stereocenters. The van der Waals surface area contributed by atoms with Crippen molar-refractivity contribution in [3.05, 3.63) is 0 Å². The molecule has 0 heterocycles. The molecule has 19 heavy (non-hydrogen) atoms. The SMILES string of the molecule is CCCOP(=O)(OCCC)C(CCCC(=O)O)P=O. The first-order valence-electron chi connectivity index (χ1n) is 6.43. The molecule has 112 valence electrons. The maximum absolute atomic E-state index is 12.5. The molecule has 0 amide bonds. The van der Waals surface area contributed by atoms with Crippen molar-refractivity contribution >= 4 is 22.0 Å². The predicted octanol–water partition coefficient (Wildman–Crippen LogP) is 3.91. The summed E-state index contributed by atoms with van der Waals surface area (Å²) < 4.78 is 34.3. The topological polar surface area (TPSA) is 89.9 Å². The van der Waals surface area contributed by atoms with Gasteiger partial charge >= 0.3 is 13.6 Å². The number of carbonyl (C=O) groups is 1. The molecule has 0 aliphatic heterocycles. The molecule has 0 rings (SSSR count). The van der Waals surface area contributed by atoms with Crippen molar-refractivity contribution in [2.24, 2.45) is 0 Å². The molecule has 6 nitrogen and oxygen atoms in total. The Balaban J connectivity index is 4.61. The molecular formula is C11H22O6P2. The molecule has 0 saturated carbocycles. The molecule has 8 heteroatoms. The van der Waals surface area contributed by atoms with Crippen LogP contribution in [0.5, 0.6) is 0 Å². The van der Waals surface area contributed by atoms with Gasteiger partial charge in [0.1, 0.15) is 5.40 Å². The van der Waals surface area contributed by atoms with Crippen LogP contribution in [0, 0.1) is 0 Å². The van der Waals surface area contributed by atoms with Gasteiger partial charge in [-0.3, -0.25) is 13.9 Å². The average molecular weight is 312 g/mol. The Morgan fingerprint density at radius 3 is 2.16 bits per heavy atom. The van der Waals surface area contributed by atoms with Crippen LogP contribution < -0.4 is 0 Å². The van der Waals surface area contributed by atoms with Crippen LogP contribution >= 0.6 is 16.1 Å². The minimum absolute atomic E-state index is 0.0480. The minimum atomic E-state index is -3.44. The monoisotopic (exact) mass is 312 g/mol. The number of aliphatic carboxylic acids is 1. The first kappa shape index (κ1) is 18.7. The lowest BCUT2D eigenvalue weighted by molar-refractivity contribution is -0.137. The quantitative estimate of drug-likeness (QED) is 0.550. The van der Waals surface area contributed by atoms with E-state index < -0.39 is 19.0 Å². The second kappa shape index (κ2) is 10.5. The fraction of sp³-hybridized carbons (Fsp3) is 0.909. The van der Waals surface area contributed by atoms with Crippen LogP contribution in [0.2, 0.25) is 0 Å². The van der Waals surface area contributed by atoms with Gasteiger partial charge in [-0.1, -0.05) is 13.8 Å². The summed E-state index contributed by atoms with van der Waals surface area (Å²) in [5.41, 5.74) is 0. The van der Waals surface area contributed by atoms with E-state index in [1.54, 1.807) is 0 Å². The summed E-state index contributed by atoms with van der Waals surface area (Å²) in [7, 11) is -3.77. The average Bonchev–Trinajstić information content (AvgIpc) is 2.38. The Morgan fingerprint density at radius 1 is 1.26 bits per heavy atom. The Labute approximate surface area is 115 Å². The lowest BCUT2D eigenvalue weighted by Gasteiger charge is -2.22. The molecule has 0 spiro atoms. The Hall–Kier alpha value is -0.280. The third-order valence-corrected chi connectivity index (χ3v) is 6.00. The molecule has 0 fully saturated rings. The van der Waals surface area contributed by atoms with E-state index in [2.05, 4.69) is 0 Å². The molecular weight excluding hydrogens is 290 g/mol. The molecule has 0 aliphatic rings. The highest BCUT2D eigenvalue weighted by molar-refractivity contribution is 7.63. The molecule has 0 aliphatic carbocycles. The van der Waals surface area contributed by atoms with Crippen molar-refractivity contribution in [3.8, 4) is 0 Å². The summed E-state index contributed by atoms with van der Waals surface area (Å²) >= 11 is 0. The molecule has 0 aromatic rings. The summed E-state index contributed by atoms with van der Waals surface area (Å²) in [6, 6.07) is 0. The van der Waals surface area contributed by atoms with Crippen LogP contribution in [0.15, 0.2) is 0 Å². The smallest absolute Gasteiger partial charge is 0.345 e. The van der Waals surface area contributed by atoms with E-state index in [-0.39, 0.29) is 34.5 Å². The number of carboxylic acids is 1. The zero-order chi connectivity index (χ0) is 14.7. The van der Waals surface area contributed by atoms with E-state index in [1.165, 1.54) is 0 Å². The first-order valence-corrected chi connectivity index (χ1v) is 8.92. The summed E-state index contributed by atoms with van der Waals surface area (Å²) in [5, 5.41) is 7.79. The Morgan fingerprint density at radius 2 is 1.79 bits per heavy atom. The van der Waals surface area contributed by atoms with Crippen LogP contribution in [0.1, 0.15) is 46.0 Å². The van der Waals surface area contributed by atoms with Gasteiger partial charge in [-0.2, -0.15) is 0 Å². The Bertz CT molecular complexity index is 308. The van der Waals surface area contributed by atoms with Gasteiger partial charge in [-0.25, -0.2) is 0 Å². The van der Waals surface area contributed by atoms with Crippen molar-refractivity contribution in [1.29, 1.82) is 0 Å². The van der Waals surface area contributed by atoms with Crippen molar-refractivity contribution < 1.29 is 28.1 Å². The molecule has 0 aromatic carbocycles. The molecule has 1 atom stereocenters. The van der Waals surface area contributed by atoms with Crippen LogP contribution in [0.25, 0.3) is 0 Å². The van der Waals surface area contributed by atoms with Gasteiger partial charge in [0, 0.05) is 6.42 Å². The number of hydrogen-bond donors (Lipinski definition) is 1. The van der Waals surface area contributed by atoms with Crippen molar-refractivity contribution in [2.45, 2.75) is 51.4 Å². The Kier molecular flexibility index (Phi) is 10.3. The largest absolute Gasteiger partial charge is 0.481 e. The number of carboxylic acid groups (broad SMARTS) is 1. The molecule has 1 N–H and O–H groups in total. The normalized spacial score (nSPS) is 13.6. The first-order chi connectivity index (χ1) is 9.00. The summed E-state index contributed by atoms with van der Waals surface area (Å²) in [4.78, 5) is 10.5. The van der Waals surface area contributed by atoms with Crippen LogP contribution in [0.4, 0.5) is 0 Å². The van der Waals surface area contributed by atoms with Gasteiger partial charge in [-0.15, -0.1) is 0 Å². The van der Waals surface area contributed by atoms with Gasteiger partial charge < -0.3 is 14.2 Å². The standard InChI is InChI=1S/C11H22O6P2/c1-3-8-16-19(15,17-9-4-2)11(18-14)7-5-6-10(12)13/h11H,3-9H2,1-2H3,(H,12,13). The minimum Gasteiger partial charge on any atom is -0.481 e. The highest BCUT2D eigenvalue weighted by Crippen LogP contribution is 2.58. The number of hydrogen-bond acceptors (Lipinski definition) is 5. The lowest BCUT2D eigenvalue weighted by atomic mass is 10.2. The second-order valence-corrected chi connectivity index (χ2v) is 7.54. The fourth-order valence-electron chi connectivity index (χ4n) is 1.35. The van der Waals surface area contributed by atoms with E-state index in [0.717, 1.165) is 0 Å². The van der Waals surface area contributed by atoms with Gasteiger partial charge in [0.2, 0.25) is 0 Å². The van der Waals surface area contributed by atoms with Gasteiger partial charge in [0.15, 0.2) is 8.46 Å². The van der Waals surface area contributed by atoms with E-state index >= 15 is 0 Å². The zero-order valence-electron chi connectivity index (χ0n) is 11.4. The summed E-state index contributed by atoms with van der Waals surface area (Å²) in [6.45, 7) is 4.29. The van der Waals surface area contributed by atoms with E-state index in [4.69, 9.17) is 14.2 Å². The van der Waals surface area contributed by atoms with Crippen LogP contribution in [0.3, 0.4) is 0 Å².